The van der Waals surface area contributed by atoms with Gasteiger partial charge in [-0.25, -0.2) is 0 Å². The summed E-state index contributed by atoms with van der Waals surface area (Å²) in [7, 11) is 2.38. The van der Waals surface area contributed by atoms with Crippen LogP contribution < -0.4 is 0 Å². The van der Waals surface area contributed by atoms with Gasteiger partial charge >= 0.3 is 0 Å². The third-order valence-electron chi connectivity index (χ3n) is 11.5. The van der Waals surface area contributed by atoms with Crippen LogP contribution >= 0.6 is 0 Å². The molecule has 0 aromatic heterocycles. The molecule has 2 aliphatic heterocycles. The van der Waals surface area contributed by atoms with E-state index in [-0.39, 0.29) is 16.6 Å². The van der Waals surface area contributed by atoms with Gasteiger partial charge in [-0.05, 0) is 116 Å². The summed E-state index contributed by atoms with van der Waals surface area (Å²) in [5.41, 5.74) is 4.98. The number of allylic oxidation sites excluding steroid dienone is 1. The van der Waals surface area contributed by atoms with E-state index in [1.165, 1.54) is 75.0 Å². The van der Waals surface area contributed by atoms with Gasteiger partial charge in [0.25, 0.3) is 0 Å². The maximum absolute atomic E-state index is 7.53. The first-order valence-electron chi connectivity index (χ1n) is 14.3. The molecule has 0 radical (unpaired) electrons. The average molecular weight is 466 g/mol. The van der Waals surface area contributed by atoms with Crippen LogP contribution in [-0.4, -0.2) is 35.2 Å². The fourth-order valence-electron chi connectivity index (χ4n) is 9.48. The average Bonchev–Trinajstić information content (AvgIpc) is 3.60. The second kappa shape index (κ2) is 7.11. The van der Waals surface area contributed by atoms with Crippen molar-refractivity contribution < 1.29 is 4.74 Å². The summed E-state index contributed by atoms with van der Waals surface area (Å²) in [6, 6.07) is 17.6. The van der Waals surface area contributed by atoms with Gasteiger partial charge in [-0.15, -0.1) is 0 Å². The first-order chi connectivity index (χ1) is 17.0. The largest absolute Gasteiger partial charge is 0.359 e. The quantitative estimate of drug-likeness (QED) is 0.464. The van der Waals surface area contributed by atoms with Crippen molar-refractivity contribution in [2.24, 2.45) is 11.3 Å². The van der Waals surface area contributed by atoms with E-state index in [4.69, 9.17) is 4.74 Å². The van der Waals surface area contributed by atoms with E-state index in [2.05, 4.69) is 73.5 Å². The van der Waals surface area contributed by atoms with Gasteiger partial charge in [0.05, 0.1) is 11.2 Å². The molecule has 3 saturated carbocycles. The standard InChI is InChI=1S/C33H39NO/c1-31-16-15-26-20-25-9-10-28(34(2)27-11-12-27)21-32(25)17-18-33(26,35-32)30(31)14-13-29(31)24-8-7-22-5-3-4-6-23(22)19-24/h3-8,15,19-20,27-30H,9-14,16-18,21H2,1-2H3/t28-,29-,30-,31-,32-,33-/m1/s1. The molecule has 182 valence electrons. The highest BCUT2D eigenvalue weighted by molar-refractivity contribution is 5.83. The molecule has 0 amide bonds. The van der Waals surface area contributed by atoms with Crippen LogP contribution in [0.4, 0.5) is 0 Å². The molecule has 2 heterocycles. The molecule has 6 atom stereocenters. The van der Waals surface area contributed by atoms with Crippen LogP contribution in [0.3, 0.4) is 0 Å². The lowest BCUT2D eigenvalue weighted by Crippen LogP contribution is -2.55. The summed E-state index contributed by atoms with van der Waals surface area (Å²) in [5, 5.41) is 2.74. The van der Waals surface area contributed by atoms with Crippen LogP contribution in [0.2, 0.25) is 0 Å². The lowest BCUT2D eigenvalue weighted by molar-refractivity contribution is -0.140. The Morgan fingerprint density at radius 3 is 2.63 bits per heavy atom. The number of nitrogens with zero attached hydrogens (tertiary/aromatic N) is 1. The number of ether oxygens (including phenoxy) is 1. The van der Waals surface area contributed by atoms with Gasteiger partial charge in [-0.2, -0.15) is 0 Å². The van der Waals surface area contributed by atoms with Crippen molar-refractivity contribution in [3.8, 4) is 0 Å². The van der Waals surface area contributed by atoms with Crippen molar-refractivity contribution in [2.75, 3.05) is 7.05 Å². The fourth-order valence-corrected chi connectivity index (χ4v) is 9.48. The van der Waals surface area contributed by atoms with Gasteiger partial charge in [0, 0.05) is 12.1 Å². The molecule has 2 aromatic carbocycles. The second-order valence-corrected chi connectivity index (χ2v) is 13.1. The fraction of sp³-hybridized carbons (Fsp3) is 0.576. The minimum Gasteiger partial charge on any atom is -0.359 e. The van der Waals surface area contributed by atoms with Crippen LogP contribution in [0.1, 0.15) is 82.6 Å². The zero-order chi connectivity index (χ0) is 23.4. The van der Waals surface area contributed by atoms with E-state index in [0.717, 1.165) is 6.04 Å². The number of rotatable bonds is 3. The Kier molecular flexibility index (Phi) is 4.31. The zero-order valence-corrected chi connectivity index (χ0v) is 21.4. The Morgan fingerprint density at radius 2 is 1.77 bits per heavy atom. The molecule has 8 rings (SSSR count). The highest BCUT2D eigenvalue weighted by Gasteiger charge is 2.66. The van der Waals surface area contributed by atoms with Gasteiger partial charge in [-0.1, -0.05) is 61.5 Å². The van der Waals surface area contributed by atoms with Crippen molar-refractivity contribution in [3.63, 3.8) is 0 Å². The van der Waals surface area contributed by atoms with E-state index in [1.54, 1.807) is 16.7 Å². The van der Waals surface area contributed by atoms with Gasteiger partial charge in [0.2, 0.25) is 0 Å². The summed E-state index contributed by atoms with van der Waals surface area (Å²) in [6.07, 6.45) is 18.1. The van der Waals surface area contributed by atoms with Crippen molar-refractivity contribution >= 4 is 10.8 Å². The van der Waals surface area contributed by atoms with Crippen LogP contribution in [0.15, 0.2) is 65.8 Å². The van der Waals surface area contributed by atoms with E-state index in [9.17, 15) is 0 Å². The Morgan fingerprint density at radius 1 is 0.914 bits per heavy atom. The molecule has 4 aliphatic carbocycles. The summed E-state index contributed by atoms with van der Waals surface area (Å²) < 4.78 is 7.53. The molecule has 2 spiro atoms. The van der Waals surface area contributed by atoms with E-state index >= 15 is 0 Å². The first-order valence-corrected chi connectivity index (χ1v) is 14.3. The Hall–Kier alpha value is -1.90. The summed E-state index contributed by atoms with van der Waals surface area (Å²) in [4.78, 5) is 2.71. The number of benzene rings is 2. The van der Waals surface area contributed by atoms with Crippen molar-refractivity contribution in [2.45, 2.75) is 100 Å². The Balaban J connectivity index is 1.15. The second-order valence-electron chi connectivity index (χ2n) is 13.1. The topological polar surface area (TPSA) is 12.5 Å². The molecule has 0 unspecified atom stereocenters. The lowest BCUT2D eigenvalue weighted by Gasteiger charge is -2.55. The number of hydrogen-bond acceptors (Lipinski definition) is 2. The first kappa shape index (κ1) is 21.2. The third-order valence-corrected chi connectivity index (χ3v) is 11.5. The Bertz CT molecular complexity index is 1270. The molecule has 2 heteroatoms. The Labute approximate surface area is 210 Å². The lowest BCUT2D eigenvalue weighted by atomic mass is 9.58. The van der Waals surface area contributed by atoms with Crippen molar-refractivity contribution in [1.82, 2.24) is 4.90 Å². The van der Waals surface area contributed by atoms with Gasteiger partial charge in [0.15, 0.2) is 0 Å². The van der Waals surface area contributed by atoms with E-state index in [1.807, 2.05) is 0 Å². The molecular weight excluding hydrogens is 426 g/mol. The predicted octanol–water partition coefficient (Wildman–Crippen LogP) is 7.54. The molecule has 0 N–H and O–H groups in total. The highest BCUT2D eigenvalue weighted by atomic mass is 16.5. The van der Waals surface area contributed by atoms with E-state index in [0.29, 0.717) is 17.9 Å². The van der Waals surface area contributed by atoms with Gasteiger partial charge < -0.3 is 9.64 Å². The summed E-state index contributed by atoms with van der Waals surface area (Å²) in [6.45, 7) is 2.60. The molecule has 2 bridgehead atoms. The summed E-state index contributed by atoms with van der Waals surface area (Å²) in [5.74, 6) is 1.25. The maximum atomic E-state index is 7.53. The molecule has 1 saturated heterocycles. The molecule has 35 heavy (non-hydrogen) atoms. The van der Waals surface area contributed by atoms with Crippen molar-refractivity contribution in [3.05, 3.63) is 71.3 Å². The van der Waals surface area contributed by atoms with Crippen LogP contribution in [0.25, 0.3) is 10.8 Å². The highest BCUT2D eigenvalue weighted by Crippen LogP contribution is 2.69. The van der Waals surface area contributed by atoms with Crippen LogP contribution in [0, 0.1) is 11.3 Å². The number of fused-ring (bicyclic) bond motifs is 2. The smallest absolute Gasteiger partial charge is 0.0974 e. The number of hydrogen-bond donors (Lipinski definition) is 0. The molecular formula is C33H39NO. The summed E-state index contributed by atoms with van der Waals surface area (Å²) >= 11 is 0. The van der Waals surface area contributed by atoms with Gasteiger partial charge in [0.1, 0.15) is 0 Å². The van der Waals surface area contributed by atoms with Crippen molar-refractivity contribution in [1.29, 1.82) is 0 Å². The SMILES string of the molecule is CN(C1CC1)[C@@H]1CCC2=CC3=CC[C@]4(C)[C@@H](c5ccc6ccccc6c5)CC[C@H]4[C@@]34CC[C@]2(C1)O4. The third kappa shape index (κ3) is 2.85. The van der Waals surface area contributed by atoms with Crippen LogP contribution in [-0.2, 0) is 4.74 Å². The normalized spacial score (nSPS) is 41.9. The van der Waals surface area contributed by atoms with Gasteiger partial charge in [-0.3, -0.25) is 0 Å². The zero-order valence-electron chi connectivity index (χ0n) is 21.4. The maximum Gasteiger partial charge on any atom is 0.0974 e. The molecule has 6 aliphatic rings. The monoisotopic (exact) mass is 465 g/mol. The minimum atomic E-state index is -0.0395. The predicted molar refractivity (Wildman–Crippen MR) is 143 cm³/mol. The van der Waals surface area contributed by atoms with E-state index < -0.39 is 0 Å². The molecule has 2 nitrogen and oxygen atoms in total. The minimum absolute atomic E-state index is 0.0166. The molecule has 2 aromatic rings. The van der Waals surface area contributed by atoms with Crippen LogP contribution in [0.5, 0.6) is 0 Å². The molecule has 4 fully saturated rings.